The highest BCUT2D eigenvalue weighted by Crippen LogP contribution is 2.28. The summed E-state index contributed by atoms with van der Waals surface area (Å²) in [5.41, 5.74) is 3.03. The highest BCUT2D eigenvalue weighted by Gasteiger charge is 2.26. The maximum atomic E-state index is 12.8. The number of nitro benzene ring substituents is 1. The van der Waals surface area contributed by atoms with Crippen molar-refractivity contribution in [1.82, 2.24) is 9.97 Å². The molecule has 9 heteroatoms. The number of aromatic nitrogens is 2. The van der Waals surface area contributed by atoms with Gasteiger partial charge < -0.3 is 15.0 Å². The van der Waals surface area contributed by atoms with Crippen LogP contribution in [0.2, 0.25) is 0 Å². The number of nitrogens with one attached hydrogen (secondary N) is 1. The Kier molecular flexibility index (Phi) is 6.48. The van der Waals surface area contributed by atoms with Crippen LogP contribution in [0.1, 0.15) is 18.4 Å². The lowest BCUT2D eigenvalue weighted by Crippen LogP contribution is -2.38. The van der Waals surface area contributed by atoms with Gasteiger partial charge in [-0.25, -0.2) is 9.97 Å². The number of ether oxygens (including phenoxy) is 1. The van der Waals surface area contributed by atoms with E-state index in [1.807, 2.05) is 37.3 Å². The number of hydrogen-bond donors (Lipinski definition) is 1. The third-order valence-corrected chi connectivity index (χ3v) is 5.92. The molecule has 0 unspecified atom stereocenters. The lowest BCUT2D eigenvalue weighted by atomic mass is 9.95. The summed E-state index contributed by atoms with van der Waals surface area (Å²) in [6, 6.07) is 14.1. The average Bonchev–Trinajstić information content (AvgIpc) is 2.85. The maximum absolute atomic E-state index is 12.8. The van der Waals surface area contributed by atoms with Crippen molar-refractivity contribution in [3.63, 3.8) is 0 Å². The summed E-state index contributed by atoms with van der Waals surface area (Å²) < 4.78 is 5.21. The van der Waals surface area contributed by atoms with Crippen LogP contribution in [0.15, 0.2) is 54.9 Å². The smallest absolute Gasteiger partial charge is 0.271 e. The zero-order valence-corrected chi connectivity index (χ0v) is 18.5. The van der Waals surface area contributed by atoms with Crippen LogP contribution in [-0.4, -0.2) is 41.0 Å². The van der Waals surface area contributed by atoms with Crippen molar-refractivity contribution in [2.24, 2.45) is 5.92 Å². The highest BCUT2D eigenvalue weighted by molar-refractivity contribution is 5.93. The fourth-order valence-electron chi connectivity index (χ4n) is 3.90. The summed E-state index contributed by atoms with van der Waals surface area (Å²) in [4.78, 5) is 34.3. The molecule has 1 amide bonds. The second-order valence-corrected chi connectivity index (χ2v) is 8.00. The number of nitrogens with zero attached hydrogens (tertiary/aromatic N) is 4. The Labute approximate surface area is 191 Å². The van der Waals surface area contributed by atoms with E-state index in [2.05, 4.69) is 20.2 Å². The molecular weight excluding hydrogens is 422 g/mol. The zero-order valence-electron chi connectivity index (χ0n) is 18.5. The number of carbonyl (C=O) groups is 1. The van der Waals surface area contributed by atoms with E-state index in [1.54, 1.807) is 19.5 Å². The number of carbonyl (C=O) groups excluding carboxylic acids is 1. The summed E-state index contributed by atoms with van der Waals surface area (Å²) in [6.07, 6.45) is 2.89. The van der Waals surface area contributed by atoms with Crippen LogP contribution < -0.4 is 15.0 Å². The molecule has 1 aliphatic heterocycles. The van der Waals surface area contributed by atoms with Crippen LogP contribution >= 0.6 is 0 Å². The molecular formula is C24H25N5O4. The van der Waals surface area contributed by atoms with Crippen molar-refractivity contribution in [3.05, 3.63) is 70.5 Å². The fourth-order valence-corrected chi connectivity index (χ4v) is 3.90. The summed E-state index contributed by atoms with van der Waals surface area (Å²) in [6.45, 7) is 3.19. The molecule has 2 aromatic carbocycles. The van der Waals surface area contributed by atoms with Gasteiger partial charge >= 0.3 is 0 Å². The monoisotopic (exact) mass is 447 g/mol. The number of methoxy groups -OCH3 is 1. The highest BCUT2D eigenvalue weighted by atomic mass is 16.6. The predicted octanol–water partition coefficient (Wildman–Crippen LogP) is 4.22. The maximum Gasteiger partial charge on any atom is 0.271 e. The number of aryl methyl sites for hydroxylation is 1. The lowest BCUT2D eigenvalue weighted by molar-refractivity contribution is -0.384. The van der Waals surface area contributed by atoms with E-state index in [4.69, 9.17) is 4.74 Å². The van der Waals surface area contributed by atoms with Gasteiger partial charge in [0.15, 0.2) is 0 Å². The second kappa shape index (κ2) is 9.64. The zero-order chi connectivity index (χ0) is 23.4. The number of benzene rings is 2. The normalized spacial score (nSPS) is 14.1. The minimum absolute atomic E-state index is 0.0397. The molecule has 1 fully saturated rings. The number of hydrogen-bond acceptors (Lipinski definition) is 7. The second-order valence-electron chi connectivity index (χ2n) is 8.00. The van der Waals surface area contributed by atoms with Crippen LogP contribution in [0.5, 0.6) is 5.75 Å². The Morgan fingerprint density at radius 2 is 1.85 bits per heavy atom. The fraction of sp³-hybridized carbons (Fsp3) is 0.292. The van der Waals surface area contributed by atoms with E-state index in [1.165, 1.54) is 12.1 Å². The van der Waals surface area contributed by atoms with Crippen molar-refractivity contribution in [2.75, 3.05) is 30.4 Å². The Hall–Kier alpha value is -4.01. The van der Waals surface area contributed by atoms with Crippen molar-refractivity contribution < 1.29 is 14.5 Å². The quantitative estimate of drug-likeness (QED) is 0.445. The van der Waals surface area contributed by atoms with Crippen LogP contribution in [0.3, 0.4) is 0 Å². The Morgan fingerprint density at radius 3 is 2.52 bits per heavy atom. The van der Waals surface area contributed by atoms with E-state index in [0.29, 0.717) is 31.6 Å². The first-order valence-electron chi connectivity index (χ1n) is 10.7. The summed E-state index contributed by atoms with van der Waals surface area (Å²) in [7, 11) is 1.63. The Balaban J connectivity index is 1.39. The van der Waals surface area contributed by atoms with Gasteiger partial charge in [0, 0.05) is 42.8 Å². The van der Waals surface area contributed by atoms with E-state index < -0.39 is 4.92 Å². The van der Waals surface area contributed by atoms with Gasteiger partial charge in [0.25, 0.3) is 5.69 Å². The molecule has 1 aromatic heterocycles. The molecule has 9 nitrogen and oxygen atoms in total. The van der Waals surface area contributed by atoms with Gasteiger partial charge in [-0.3, -0.25) is 14.9 Å². The SMILES string of the molecule is COc1ccc(-c2cc(N3CCC(C(=O)Nc4cc([N+](=O)[O-])ccc4C)CC3)ncn2)cc1. The molecule has 0 bridgehead atoms. The topological polar surface area (TPSA) is 110 Å². The van der Waals surface area contributed by atoms with Crippen molar-refractivity contribution >= 4 is 23.1 Å². The number of anilines is 2. The standard InChI is InChI=1S/C24H25N5O4/c1-16-3-6-19(29(31)32)13-21(16)27-24(30)18-9-11-28(12-10-18)23-14-22(25-15-26-23)17-4-7-20(33-2)8-5-17/h3-8,13-15,18H,9-12H2,1-2H3,(H,27,30). The molecule has 0 atom stereocenters. The summed E-state index contributed by atoms with van der Waals surface area (Å²) >= 11 is 0. The molecule has 4 rings (SSSR count). The molecule has 0 aliphatic carbocycles. The van der Waals surface area contributed by atoms with E-state index in [9.17, 15) is 14.9 Å². The van der Waals surface area contributed by atoms with Crippen LogP contribution in [-0.2, 0) is 4.79 Å². The molecule has 33 heavy (non-hydrogen) atoms. The number of nitro groups is 1. The van der Waals surface area contributed by atoms with Crippen LogP contribution in [0.25, 0.3) is 11.3 Å². The van der Waals surface area contributed by atoms with Crippen molar-refractivity contribution in [2.45, 2.75) is 19.8 Å². The molecule has 1 saturated heterocycles. The first-order chi connectivity index (χ1) is 15.9. The molecule has 0 radical (unpaired) electrons. The molecule has 0 spiro atoms. The molecule has 0 saturated carbocycles. The van der Waals surface area contributed by atoms with Gasteiger partial charge in [0.2, 0.25) is 5.91 Å². The van der Waals surface area contributed by atoms with Crippen LogP contribution in [0.4, 0.5) is 17.2 Å². The van der Waals surface area contributed by atoms with Gasteiger partial charge in [-0.1, -0.05) is 6.07 Å². The molecule has 2 heterocycles. The van der Waals surface area contributed by atoms with Gasteiger partial charge in [-0.05, 0) is 49.6 Å². The summed E-state index contributed by atoms with van der Waals surface area (Å²) in [5.74, 6) is 1.33. The first kappa shape index (κ1) is 22.2. The first-order valence-corrected chi connectivity index (χ1v) is 10.7. The Morgan fingerprint density at radius 1 is 1.12 bits per heavy atom. The predicted molar refractivity (Wildman–Crippen MR) is 125 cm³/mol. The lowest BCUT2D eigenvalue weighted by Gasteiger charge is -2.32. The third kappa shape index (κ3) is 5.08. The van der Waals surface area contributed by atoms with Gasteiger partial charge in [0.05, 0.1) is 23.4 Å². The Bertz CT molecular complexity index is 1160. The number of piperidine rings is 1. The van der Waals surface area contributed by atoms with Gasteiger partial charge in [-0.15, -0.1) is 0 Å². The number of amides is 1. The average molecular weight is 447 g/mol. The van der Waals surface area contributed by atoms with Gasteiger partial charge in [0.1, 0.15) is 17.9 Å². The molecule has 3 aromatic rings. The minimum atomic E-state index is -0.463. The van der Waals surface area contributed by atoms with Crippen molar-refractivity contribution in [1.29, 1.82) is 0 Å². The van der Waals surface area contributed by atoms with Gasteiger partial charge in [-0.2, -0.15) is 0 Å². The minimum Gasteiger partial charge on any atom is -0.497 e. The van der Waals surface area contributed by atoms with Crippen LogP contribution in [0, 0.1) is 23.0 Å². The van der Waals surface area contributed by atoms with E-state index >= 15 is 0 Å². The summed E-state index contributed by atoms with van der Waals surface area (Å²) in [5, 5.41) is 13.9. The molecule has 1 aliphatic rings. The van der Waals surface area contributed by atoms with E-state index in [-0.39, 0.29) is 17.5 Å². The number of rotatable bonds is 6. The molecule has 1 N–H and O–H groups in total. The third-order valence-electron chi connectivity index (χ3n) is 5.92. The van der Waals surface area contributed by atoms with E-state index in [0.717, 1.165) is 28.4 Å². The number of non-ortho nitro benzene ring substituents is 1. The largest absolute Gasteiger partial charge is 0.497 e. The molecule has 170 valence electrons. The van der Waals surface area contributed by atoms with Crippen molar-refractivity contribution in [3.8, 4) is 17.0 Å².